The Morgan fingerprint density at radius 1 is 0.806 bits per heavy atom. The fourth-order valence-electron chi connectivity index (χ4n) is 3.77. The molecule has 2 aromatic rings. The number of aliphatic hydroxyl groups excluding tert-OH is 2. The minimum Gasteiger partial charge on any atom is -0.380 e. The Kier molecular flexibility index (Phi) is 12.4. The van der Waals surface area contributed by atoms with Crippen LogP contribution in [-0.4, -0.2) is 84.3 Å². The van der Waals surface area contributed by atoms with E-state index in [4.69, 9.17) is 0 Å². The Morgan fingerprint density at radius 2 is 1.36 bits per heavy atom. The second kappa shape index (κ2) is 15.5. The molecule has 1 aliphatic heterocycles. The lowest BCUT2D eigenvalue weighted by Gasteiger charge is -2.37. The third-order valence-electron chi connectivity index (χ3n) is 5.76. The molecule has 196 valence electrons. The summed E-state index contributed by atoms with van der Waals surface area (Å²) in [6.07, 6.45) is -2.78. The van der Waals surface area contributed by atoms with Crippen LogP contribution in [0.4, 0.5) is 5.69 Å². The maximum absolute atomic E-state index is 12.6. The number of benzene rings is 2. The highest BCUT2D eigenvalue weighted by molar-refractivity contribution is 5.90. The second-order valence-corrected chi connectivity index (χ2v) is 8.16. The Hall–Kier alpha value is -3.43. The number of amides is 3. The van der Waals surface area contributed by atoms with Crippen molar-refractivity contribution in [2.24, 2.45) is 0 Å². The molecule has 0 saturated carbocycles. The van der Waals surface area contributed by atoms with Crippen molar-refractivity contribution in [1.82, 2.24) is 15.5 Å². The van der Waals surface area contributed by atoms with Crippen molar-refractivity contribution >= 4 is 23.4 Å². The summed E-state index contributed by atoms with van der Waals surface area (Å²) in [4.78, 5) is 40.2. The lowest BCUT2D eigenvalue weighted by Crippen LogP contribution is -2.56. The highest BCUT2D eigenvalue weighted by atomic mass is 16.3. The zero-order chi connectivity index (χ0) is 26.3. The molecule has 0 radical (unpaired) electrons. The van der Waals surface area contributed by atoms with Crippen LogP contribution < -0.4 is 15.5 Å². The van der Waals surface area contributed by atoms with Crippen LogP contribution in [0.25, 0.3) is 0 Å². The van der Waals surface area contributed by atoms with E-state index < -0.39 is 24.0 Å². The van der Waals surface area contributed by atoms with Crippen molar-refractivity contribution in [3.8, 4) is 0 Å². The van der Waals surface area contributed by atoms with Gasteiger partial charge in [0.1, 0.15) is 0 Å². The third-order valence-corrected chi connectivity index (χ3v) is 5.76. The fourth-order valence-corrected chi connectivity index (χ4v) is 3.77. The first-order valence-electron chi connectivity index (χ1n) is 12.5. The molecule has 1 aliphatic rings. The number of aliphatic hydroxyl groups is 2. The third kappa shape index (κ3) is 8.98. The van der Waals surface area contributed by atoms with Gasteiger partial charge in [0.2, 0.25) is 5.91 Å². The maximum Gasteiger partial charge on any atom is 0.254 e. The summed E-state index contributed by atoms with van der Waals surface area (Å²) in [5, 5.41) is 25.5. The van der Waals surface area contributed by atoms with Crippen molar-refractivity contribution in [2.75, 3.05) is 44.2 Å². The van der Waals surface area contributed by atoms with Gasteiger partial charge in [-0.1, -0.05) is 62.4 Å². The van der Waals surface area contributed by atoms with Crippen LogP contribution in [-0.2, 0) is 20.8 Å². The Bertz CT molecular complexity index is 934. The topological polar surface area (TPSA) is 122 Å². The van der Waals surface area contributed by atoms with E-state index in [0.717, 1.165) is 11.3 Å². The fraction of sp³-hybridized carbons (Fsp3) is 0.444. The zero-order valence-electron chi connectivity index (χ0n) is 21.1. The number of nitrogens with one attached hydrogen (secondary N) is 2. The lowest BCUT2D eigenvalue weighted by molar-refractivity contribution is -0.153. The smallest absolute Gasteiger partial charge is 0.254 e. The maximum atomic E-state index is 12.6. The predicted molar refractivity (Wildman–Crippen MR) is 139 cm³/mol. The van der Waals surface area contributed by atoms with Gasteiger partial charge in [-0.25, -0.2) is 0 Å². The van der Waals surface area contributed by atoms with E-state index >= 15 is 0 Å². The Balaban J connectivity index is 0.00000222. The molecule has 2 unspecified atom stereocenters. The largest absolute Gasteiger partial charge is 0.380 e. The summed E-state index contributed by atoms with van der Waals surface area (Å²) in [5.41, 5.74) is 2.12. The van der Waals surface area contributed by atoms with Gasteiger partial charge in [-0.2, -0.15) is 0 Å². The van der Waals surface area contributed by atoms with E-state index in [-0.39, 0.29) is 19.0 Å². The van der Waals surface area contributed by atoms with Crippen molar-refractivity contribution in [1.29, 1.82) is 0 Å². The van der Waals surface area contributed by atoms with Crippen LogP contribution >= 0.6 is 0 Å². The summed E-state index contributed by atoms with van der Waals surface area (Å²) in [6.45, 7) is 6.20. The molecule has 3 amide bonds. The molecule has 1 saturated heterocycles. The molecule has 36 heavy (non-hydrogen) atoms. The molecular formula is C27H38N4O5. The number of piperazine rings is 1. The average molecular weight is 499 g/mol. The molecule has 1 heterocycles. The molecule has 0 aromatic heterocycles. The number of carbonyl (C=O) groups excluding carboxylic acids is 3. The number of anilines is 1. The average Bonchev–Trinajstić information content (AvgIpc) is 2.95. The van der Waals surface area contributed by atoms with Crippen molar-refractivity contribution in [3.63, 3.8) is 0 Å². The van der Waals surface area contributed by atoms with Gasteiger partial charge in [0.15, 0.2) is 12.2 Å². The standard InChI is InChI=1S/C25H32N4O5.C2H6/c30-21(12-11-19-7-3-1-4-8-19)26-13-14-27-24(33)22(31)23(32)25(34)29-17-15-28(16-18-29)20-9-5-2-6-10-20;1-2/h1-10,22-23,31-32H,11-18H2,(H,26,30)(H,27,33);1-2H3. The highest BCUT2D eigenvalue weighted by Crippen LogP contribution is 2.16. The van der Waals surface area contributed by atoms with Crippen LogP contribution in [0.1, 0.15) is 25.8 Å². The molecular weight excluding hydrogens is 460 g/mol. The van der Waals surface area contributed by atoms with E-state index in [9.17, 15) is 24.6 Å². The van der Waals surface area contributed by atoms with Crippen LogP contribution in [0.5, 0.6) is 0 Å². The SMILES string of the molecule is CC.O=C(CCc1ccccc1)NCCNC(=O)C(O)C(O)C(=O)N1CCN(c2ccccc2)CC1. The van der Waals surface area contributed by atoms with E-state index in [1.807, 2.05) is 74.5 Å². The molecule has 2 aromatic carbocycles. The minimum atomic E-state index is -1.88. The number of carbonyl (C=O) groups is 3. The first-order valence-corrected chi connectivity index (χ1v) is 12.5. The molecule has 0 spiro atoms. The summed E-state index contributed by atoms with van der Waals surface area (Å²) < 4.78 is 0. The van der Waals surface area contributed by atoms with Crippen LogP contribution in [0.15, 0.2) is 60.7 Å². The number of para-hydroxylation sites is 1. The van der Waals surface area contributed by atoms with E-state index in [1.165, 1.54) is 4.90 Å². The number of nitrogens with zero attached hydrogens (tertiary/aromatic N) is 2. The summed E-state index contributed by atoms with van der Waals surface area (Å²) >= 11 is 0. The number of hydrogen-bond donors (Lipinski definition) is 4. The molecule has 0 aliphatic carbocycles. The summed E-state index contributed by atoms with van der Waals surface area (Å²) in [5.74, 6) is -1.68. The van der Waals surface area contributed by atoms with Gasteiger partial charge in [-0.15, -0.1) is 0 Å². The van der Waals surface area contributed by atoms with Gasteiger partial charge >= 0.3 is 0 Å². The minimum absolute atomic E-state index is 0.0730. The van der Waals surface area contributed by atoms with Crippen LogP contribution in [0, 0.1) is 0 Å². The molecule has 0 bridgehead atoms. The first-order chi connectivity index (χ1) is 17.5. The molecule has 9 nitrogen and oxygen atoms in total. The first kappa shape index (κ1) is 28.8. The van der Waals surface area contributed by atoms with Crippen LogP contribution in [0.3, 0.4) is 0 Å². The number of aryl methyl sites for hydroxylation is 1. The highest BCUT2D eigenvalue weighted by Gasteiger charge is 2.34. The van der Waals surface area contributed by atoms with Gasteiger partial charge in [-0.05, 0) is 24.1 Å². The molecule has 2 atom stereocenters. The zero-order valence-corrected chi connectivity index (χ0v) is 21.1. The van der Waals surface area contributed by atoms with Crippen molar-refractivity contribution < 1.29 is 24.6 Å². The summed E-state index contributed by atoms with van der Waals surface area (Å²) in [7, 11) is 0. The lowest BCUT2D eigenvalue weighted by atomic mass is 10.1. The van der Waals surface area contributed by atoms with Gasteiger partial charge in [0, 0.05) is 51.4 Å². The van der Waals surface area contributed by atoms with Crippen molar-refractivity contribution in [2.45, 2.75) is 38.9 Å². The van der Waals surface area contributed by atoms with Gasteiger partial charge in [0.25, 0.3) is 11.8 Å². The van der Waals surface area contributed by atoms with Gasteiger partial charge in [-0.3, -0.25) is 14.4 Å². The second-order valence-electron chi connectivity index (χ2n) is 8.16. The quantitative estimate of drug-likeness (QED) is 0.362. The molecule has 4 N–H and O–H groups in total. The Morgan fingerprint density at radius 3 is 1.97 bits per heavy atom. The molecule has 1 fully saturated rings. The normalized spacial score (nSPS) is 14.7. The van der Waals surface area contributed by atoms with E-state index in [0.29, 0.717) is 39.0 Å². The monoisotopic (exact) mass is 498 g/mol. The number of rotatable bonds is 10. The van der Waals surface area contributed by atoms with E-state index in [1.54, 1.807) is 0 Å². The van der Waals surface area contributed by atoms with E-state index in [2.05, 4.69) is 15.5 Å². The van der Waals surface area contributed by atoms with Gasteiger partial charge < -0.3 is 30.6 Å². The van der Waals surface area contributed by atoms with Gasteiger partial charge in [0.05, 0.1) is 0 Å². The summed E-state index contributed by atoms with van der Waals surface area (Å²) in [6, 6.07) is 19.5. The van der Waals surface area contributed by atoms with Crippen molar-refractivity contribution in [3.05, 3.63) is 66.2 Å². The predicted octanol–water partition coefficient (Wildman–Crippen LogP) is 0.948. The van der Waals surface area contributed by atoms with Crippen LogP contribution in [0.2, 0.25) is 0 Å². The number of hydrogen-bond acceptors (Lipinski definition) is 6. The molecule has 3 rings (SSSR count). The Labute approximate surface area is 213 Å². The molecule has 9 heteroatoms.